The molecule has 0 aliphatic rings. The molecule has 0 unspecified atom stereocenters. The number of rotatable bonds is 3. The van der Waals surface area contributed by atoms with E-state index in [-0.39, 0.29) is 0 Å². The van der Waals surface area contributed by atoms with Gasteiger partial charge in [0.15, 0.2) is 0 Å². The van der Waals surface area contributed by atoms with Gasteiger partial charge in [-0.3, -0.25) is 0 Å². The van der Waals surface area contributed by atoms with Gasteiger partial charge in [-0.25, -0.2) is 0 Å². The minimum Gasteiger partial charge on any atom is -0.397 e. The van der Waals surface area contributed by atoms with Gasteiger partial charge in [0.05, 0.1) is 29.6 Å². The first-order valence-electron chi connectivity index (χ1n) is 5.65. The number of thiophene rings is 1. The van der Waals surface area contributed by atoms with Crippen molar-refractivity contribution >= 4 is 22.7 Å². The Labute approximate surface area is 111 Å². The molecule has 2 rings (SSSR count). The molecule has 0 spiro atoms. The number of nitrogen functional groups attached to an aromatic ring is 1. The van der Waals surface area contributed by atoms with Gasteiger partial charge >= 0.3 is 0 Å². The standard InChI is InChI=1S/C14H15N3S/c1-10-5-6-18-14(10)9-17(2)13-4-3-11(8-15)7-12(13)16/h3-7H,9,16H2,1-2H3. The number of hydrogen-bond donors (Lipinski definition) is 1. The van der Waals surface area contributed by atoms with E-state index < -0.39 is 0 Å². The minimum atomic E-state index is 0.594. The SMILES string of the molecule is Cc1ccsc1CN(C)c1ccc(C#N)cc1N. The van der Waals surface area contributed by atoms with Crippen LogP contribution in [-0.2, 0) is 6.54 Å². The molecule has 0 radical (unpaired) electrons. The summed E-state index contributed by atoms with van der Waals surface area (Å²) in [6, 6.07) is 9.62. The second-order valence-electron chi connectivity index (χ2n) is 4.27. The van der Waals surface area contributed by atoms with Crippen LogP contribution < -0.4 is 10.6 Å². The van der Waals surface area contributed by atoms with Crippen molar-refractivity contribution in [3.63, 3.8) is 0 Å². The third-order valence-electron chi connectivity index (χ3n) is 2.92. The van der Waals surface area contributed by atoms with Crippen LogP contribution in [0.4, 0.5) is 11.4 Å². The quantitative estimate of drug-likeness (QED) is 0.859. The summed E-state index contributed by atoms with van der Waals surface area (Å²) in [6.45, 7) is 2.95. The van der Waals surface area contributed by atoms with Crippen molar-refractivity contribution in [2.24, 2.45) is 0 Å². The van der Waals surface area contributed by atoms with E-state index in [1.54, 1.807) is 23.5 Å². The Morgan fingerprint density at radius 3 is 2.72 bits per heavy atom. The van der Waals surface area contributed by atoms with Gasteiger partial charge in [-0.05, 0) is 42.1 Å². The molecule has 18 heavy (non-hydrogen) atoms. The second-order valence-corrected chi connectivity index (χ2v) is 5.27. The largest absolute Gasteiger partial charge is 0.397 e. The summed E-state index contributed by atoms with van der Waals surface area (Å²) < 4.78 is 0. The van der Waals surface area contributed by atoms with Crippen LogP contribution in [0.3, 0.4) is 0 Å². The lowest BCUT2D eigenvalue weighted by Gasteiger charge is -2.21. The Hall–Kier alpha value is -1.99. The fraction of sp³-hybridized carbons (Fsp3) is 0.214. The Morgan fingerprint density at radius 2 is 2.17 bits per heavy atom. The Bertz CT molecular complexity index is 595. The van der Waals surface area contributed by atoms with Crippen LogP contribution in [0.15, 0.2) is 29.6 Å². The van der Waals surface area contributed by atoms with Gasteiger partial charge < -0.3 is 10.6 Å². The van der Waals surface area contributed by atoms with E-state index in [9.17, 15) is 0 Å². The van der Waals surface area contributed by atoms with E-state index in [1.165, 1.54) is 10.4 Å². The van der Waals surface area contributed by atoms with E-state index in [1.807, 2.05) is 13.1 Å². The zero-order chi connectivity index (χ0) is 13.1. The summed E-state index contributed by atoms with van der Waals surface area (Å²) in [7, 11) is 2.01. The van der Waals surface area contributed by atoms with Crippen molar-refractivity contribution in [1.82, 2.24) is 0 Å². The van der Waals surface area contributed by atoms with Gasteiger partial charge in [0.25, 0.3) is 0 Å². The topological polar surface area (TPSA) is 53.0 Å². The third-order valence-corrected chi connectivity index (χ3v) is 3.92. The van der Waals surface area contributed by atoms with Crippen LogP contribution in [0.5, 0.6) is 0 Å². The Balaban J connectivity index is 2.22. The molecule has 0 amide bonds. The molecule has 2 N–H and O–H groups in total. The lowest BCUT2D eigenvalue weighted by molar-refractivity contribution is 0.935. The molecule has 2 aromatic rings. The maximum atomic E-state index is 8.82. The van der Waals surface area contributed by atoms with Crippen molar-refractivity contribution in [2.45, 2.75) is 13.5 Å². The molecular weight excluding hydrogens is 242 g/mol. The van der Waals surface area contributed by atoms with Crippen molar-refractivity contribution in [3.8, 4) is 6.07 Å². The average Bonchev–Trinajstić information content (AvgIpc) is 2.74. The minimum absolute atomic E-state index is 0.594. The molecule has 0 bridgehead atoms. The highest BCUT2D eigenvalue weighted by molar-refractivity contribution is 7.10. The van der Waals surface area contributed by atoms with Crippen LogP contribution in [0.1, 0.15) is 16.0 Å². The normalized spacial score (nSPS) is 10.1. The smallest absolute Gasteiger partial charge is 0.0992 e. The van der Waals surface area contributed by atoms with Gasteiger partial charge in [-0.2, -0.15) is 5.26 Å². The number of nitrogens with zero attached hydrogens (tertiary/aromatic N) is 2. The second kappa shape index (κ2) is 5.11. The van der Waals surface area contributed by atoms with Crippen LogP contribution in [0.2, 0.25) is 0 Å². The molecule has 0 saturated carbocycles. The zero-order valence-electron chi connectivity index (χ0n) is 10.5. The van der Waals surface area contributed by atoms with E-state index in [0.717, 1.165) is 12.2 Å². The molecule has 1 aromatic carbocycles. The molecule has 4 heteroatoms. The first kappa shape index (κ1) is 12.5. The predicted molar refractivity (Wildman–Crippen MR) is 76.7 cm³/mol. The summed E-state index contributed by atoms with van der Waals surface area (Å²) in [5, 5.41) is 10.9. The number of anilines is 2. The van der Waals surface area contributed by atoms with E-state index in [0.29, 0.717) is 11.3 Å². The van der Waals surface area contributed by atoms with Gasteiger partial charge in [-0.15, -0.1) is 11.3 Å². The average molecular weight is 257 g/mol. The monoisotopic (exact) mass is 257 g/mol. The molecule has 0 aliphatic carbocycles. The fourth-order valence-corrected chi connectivity index (χ4v) is 2.80. The summed E-state index contributed by atoms with van der Waals surface area (Å²) in [6.07, 6.45) is 0. The fourth-order valence-electron chi connectivity index (χ4n) is 1.84. The maximum Gasteiger partial charge on any atom is 0.0992 e. The third kappa shape index (κ3) is 2.47. The number of hydrogen-bond acceptors (Lipinski definition) is 4. The number of aryl methyl sites for hydroxylation is 1. The molecular formula is C14H15N3S. The van der Waals surface area contributed by atoms with Gasteiger partial charge in [0.1, 0.15) is 0 Å². The first-order valence-corrected chi connectivity index (χ1v) is 6.53. The van der Waals surface area contributed by atoms with Gasteiger partial charge in [0, 0.05) is 11.9 Å². The molecule has 0 fully saturated rings. The molecule has 0 saturated heterocycles. The molecule has 0 aliphatic heterocycles. The van der Waals surface area contributed by atoms with Crippen molar-refractivity contribution in [2.75, 3.05) is 17.7 Å². The number of nitrogens with two attached hydrogens (primary N) is 1. The van der Waals surface area contributed by atoms with Crippen LogP contribution in [-0.4, -0.2) is 7.05 Å². The molecule has 3 nitrogen and oxygen atoms in total. The maximum absolute atomic E-state index is 8.82. The van der Waals surface area contributed by atoms with E-state index in [2.05, 4.69) is 29.3 Å². The van der Waals surface area contributed by atoms with Crippen molar-refractivity contribution < 1.29 is 0 Å². The zero-order valence-corrected chi connectivity index (χ0v) is 11.3. The highest BCUT2D eigenvalue weighted by Crippen LogP contribution is 2.26. The van der Waals surface area contributed by atoms with Crippen LogP contribution in [0.25, 0.3) is 0 Å². The molecule has 1 heterocycles. The van der Waals surface area contributed by atoms with Crippen LogP contribution in [0, 0.1) is 18.3 Å². The molecule has 92 valence electrons. The summed E-state index contributed by atoms with van der Waals surface area (Å²) in [4.78, 5) is 3.44. The summed E-state index contributed by atoms with van der Waals surface area (Å²) in [5.74, 6) is 0. The van der Waals surface area contributed by atoms with Crippen molar-refractivity contribution in [3.05, 3.63) is 45.6 Å². The Morgan fingerprint density at radius 1 is 1.39 bits per heavy atom. The van der Waals surface area contributed by atoms with Crippen molar-refractivity contribution in [1.29, 1.82) is 5.26 Å². The lowest BCUT2D eigenvalue weighted by Crippen LogP contribution is -2.17. The van der Waals surface area contributed by atoms with E-state index >= 15 is 0 Å². The highest BCUT2D eigenvalue weighted by Gasteiger charge is 2.09. The highest BCUT2D eigenvalue weighted by atomic mass is 32.1. The van der Waals surface area contributed by atoms with Crippen LogP contribution >= 0.6 is 11.3 Å². The lowest BCUT2D eigenvalue weighted by atomic mass is 10.1. The first-order chi connectivity index (χ1) is 8.61. The predicted octanol–water partition coefficient (Wildman–Crippen LogP) is 3.15. The summed E-state index contributed by atoms with van der Waals surface area (Å²) >= 11 is 1.75. The summed E-state index contributed by atoms with van der Waals surface area (Å²) in [5.41, 5.74) is 9.48. The molecule has 0 atom stereocenters. The number of benzene rings is 1. The number of nitriles is 1. The molecule has 1 aromatic heterocycles. The van der Waals surface area contributed by atoms with Gasteiger partial charge in [0.2, 0.25) is 0 Å². The van der Waals surface area contributed by atoms with E-state index in [4.69, 9.17) is 11.0 Å². The van der Waals surface area contributed by atoms with Gasteiger partial charge in [-0.1, -0.05) is 0 Å². The Kier molecular flexibility index (Phi) is 3.54.